The lowest BCUT2D eigenvalue weighted by Gasteiger charge is -2.34. The Bertz CT molecular complexity index is 959. The van der Waals surface area contributed by atoms with E-state index in [1.165, 1.54) is 0 Å². The number of methoxy groups -OCH3 is 1. The summed E-state index contributed by atoms with van der Waals surface area (Å²) in [7, 11) is 1.74. The van der Waals surface area contributed by atoms with E-state index in [2.05, 4.69) is 39.8 Å². The molecular weight excluding hydrogens is 480 g/mol. The smallest absolute Gasteiger partial charge is 0.161 e. The Morgan fingerprint density at radius 2 is 1.26 bits per heavy atom. The predicted molar refractivity (Wildman–Crippen MR) is 152 cm³/mol. The Morgan fingerprint density at radius 3 is 1.87 bits per heavy atom. The van der Waals surface area contributed by atoms with E-state index in [4.69, 9.17) is 28.4 Å². The van der Waals surface area contributed by atoms with Gasteiger partial charge in [0, 0.05) is 31.2 Å². The number of ether oxygens (including phenoxy) is 6. The standard InChI is InChI=1S/C32H48O6/c1-6-10-16-34-25-21-28(36-18-12-8-3)26-23-31(33-5)32(38-29(26)22-25)24-14-15-27(35-17-11-7-2)30(20-24)37-19-13-9-4/h14-15,20-22,31-32H,6-13,16-19,23H2,1-5H3/t31-,32-/m1/s1. The van der Waals surface area contributed by atoms with Gasteiger partial charge in [0.2, 0.25) is 0 Å². The van der Waals surface area contributed by atoms with Crippen LogP contribution in [-0.2, 0) is 11.2 Å². The van der Waals surface area contributed by atoms with Crippen LogP contribution >= 0.6 is 0 Å². The van der Waals surface area contributed by atoms with Crippen LogP contribution in [0.5, 0.6) is 28.7 Å². The molecule has 6 heteroatoms. The van der Waals surface area contributed by atoms with Crippen LogP contribution in [0.25, 0.3) is 0 Å². The maximum absolute atomic E-state index is 6.65. The van der Waals surface area contributed by atoms with E-state index in [9.17, 15) is 0 Å². The average molecular weight is 529 g/mol. The lowest BCUT2D eigenvalue weighted by Crippen LogP contribution is -2.32. The van der Waals surface area contributed by atoms with Gasteiger partial charge in [0.15, 0.2) is 17.6 Å². The zero-order valence-corrected chi connectivity index (χ0v) is 24.2. The van der Waals surface area contributed by atoms with Crippen LogP contribution in [0.15, 0.2) is 30.3 Å². The lowest BCUT2D eigenvalue weighted by atomic mass is 9.93. The Hall–Kier alpha value is -2.60. The largest absolute Gasteiger partial charge is 0.493 e. The quantitative estimate of drug-likeness (QED) is 0.182. The summed E-state index contributed by atoms with van der Waals surface area (Å²) in [6.07, 6.45) is 8.56. The number of fused-ring (bicyclic) bond motifs is 1. The van der Waals surface area contributed by atoms with Crippen LogP contribution in [0.3, 0.4) is 0 Å². The number of rotatable bonds is 18. The molecule has 1 aliphatic heterocycles. The Labute approximate surface area is 229 Å². The third-order valence-electron chi connectivity index (χ3n) is 6.77. The lowest BCUT2D eigenvalue weighted by molar-refractivity contribution is -0.0124. The fraction of sp³-hybridized carbons (Fsp3) is 0.625. The van der Waals surface area contributed by atoms with Crippen molar-refractivity contribution in [2.24, 2.45) is 0 Å². The summed E-state index contributed by atoms with van der Waals surface area (Å²) in [6.45, 7) is 11.3. The molecule has 0 N–H and O–H groups in total. The van der Waals surface area contributed by atoms with Gasteiger partial charge < -0.3 is 28.4 Å². The number of unbranched alkanes of at least 4 members (excludes halogenated alkanes) is 4. The Morgan fingerprint density at radius 1 is 0.684 bits per heavy atom. The fourth-order valence-electron chi connectivity index (χ4n) is 4.37. The highest BCUT2D eigenvalue weighted by molar-refractivity contribution is 5.53. The van der Waals surface area contributed by atoms with Crippen molar-refractivity contribution in [2.45, 2.75) is 97.7 Å². The average Bonchev–Trinajstić information content (AvgIpc) is 2.93. The summed E-state index contributed by atoms with van der Waals surface area (Å²) < 4.78 is 37.1. The maximum atomic E-state index is 6.65. The minimum Gasteiger partial charge on any atom is -0.493 e. The molecule has 6 nitrogen and oxygen atoms in total. The Kier molecular flexibility index (Phi) is 12.9. The molecule has 0 bridgehead atoms. The highest BCUT2D eigenvalue weighted by atomic mass is 16.5. The van der Waals surface area contributed by atoms with Crippen LogP contribution in [0, 0.1) is 0 Å². The topological polar surface area (TPSA) is 55.4 Å². The molecule has 0 aliphatic carbocycles. The van der Waals surface area contributed by atoms with Crippen molar-refractivity contribution in [2.75, 3.05) is 33.5 Å². The van der Waals surface area contributed by atoms with Gasteiger partial charge in [-0.1, -0.05) is 59.4 Å². The molecule has 1 heterocycles. The van der Waals surface area contributed by atoms with Gasteiger partial charge in [0.25, 0.3) is 0 Å². The first-order valence-electron chi connectivity index (χ1n) is 14.7. The molecule has 212 valence electrons. The molecule has 0 spiro atoms. The van der Waals surface area contributed by atoms with Crippen LogP contribution in [0.2, 0.25) is 0 Å². The SMILES string of the molecule is CCCCOc1cc(OCCCC)c2c(c1)O[C@H](c1ccc(OCCCC)c(OCCCC)c1)[C@H](OC)C2. The number of hydrogen-bond donors (Lipinski definition) is 0. The van der Waals surface area contributed by atoms with E-state index >= 15 is 0 Å². The molecule has 2 atom stereocenters. The highest BCUT2D eigenvalue weighted by Gasteiger charge is 2.34. The minimum absolute atomic E-state index is 0.168. The normalized spacial score (nSPS) is 16.4. The molecule has 0 amide bonds. The van der Waals surface area contributed by atoms with E-state index in [0.717, 1.165) is 91.2 Å². The first kappa shape index (κ1) is 29.9. The molecule has 0 unspecified atom stereocenters. The molecule has 2 aromatic carbocycles. The molecule has 3 rings (SSSR count). The van der Waals surface area contributed by atoms with Crippen LogP contribution < -0.4 is 23.7 Å². The molecule has 2 aromatic rings. The van der Waals surface area contributed by atoms with Gasteiger partial charge in [-0.25, -0.2) is 0 Å². The van der Waals surface area contributed by atoms with E-state index < -0.39 is 0 Å². The van der Waals surface area contributed by atoms with Crippen molar-refractivity contribution in [3.63, 3.8) is 0 Å². The molecule has 38 heavy (non-hydrogen) atoms. The molecule has 0 radical (unpaired) electrons. The van der Waals surface area contributed by atoms with Gasteiger partial charge in [-0.15, -0.1) is 0 Å². The van der Waals surface area contributed by atoms with E-state index in [-0.39, 0.29) is 12.2 Å². The zero-order valence-electron chi connectivity index (χ0n) is 24.2. The summed E-state index contributed by atoms with van der Waals surface area (Å²) in [5, 5.41) is 0. The van der Waals surface area contributed by atoms with Crippen molar-refractivity contribution >= 4 is 0 Å². The first-order valence-corrected chi connectivity index (χ1v) is 14.7. The molecule has 0 saturated heterocycles. The summed E-state index contributed by atoms with van der Waals surface area (Å²) in [5.74, 6) is 3.94. The van der Waals surface area contributed by atoms with Crippen molar-refractivity contribution in [1.82, 2.24) is 0 Å². The van der Waals surface area contributed by atoms with Crippen molar-refractivity contribution in [1.29, 1.82) is 0 Å². The van der Waals surface area contributed by atoms with Gasteiger partial charge in [-0.2, -0.15) is 0 Å². The van der Waals surface area contributed by atoms with E-state index in [1.807, 2.05) is 18.2 Å². The van der Waals surface area contributed by atoms with Gasteiger partial charge in [0.1, 0.15) is 23.4 Å². The molecule has 0 saturated carbocycles. The van der Waals surface area contributed by atoms with Gasteiger partial charge >= 0.3 is 0 Å². The monoisotopic (exact) mass is 528 g/mol. The molecular formula is C32H48O6. The predicted octanol–water partition coefficient (Wildman–Crippen LogP) is 8.09. The zero-order chi connectivity index (χ0) is 27.2. The van der Waals surface area contributed by atoms with Crippen molar-refractivity contribution in [3.8, 4) is 28.7 Å². The minimum atomic E-state index is -0.292. The van der Waals surface area contributed by atoms with Crippen molar-refractivity contribution in [3.05, 3.63) is 41.5 Å². The molecule has 0 aromatic heterocycles. The Balaban J connectivity index is 1.91. The summed E-state index contributed by atoms with van der Waals surface area (Å²) in [5.41, 5.74) is 2.04. The molecule has 1 aliphatic rings. The first-order chi connectivity index (χ1) is 18.6. The maximum Gasteiger partial charge on any atom is 0.161 e. The van der Waals surface area contributed by atoms with Gasteiger partial charge in [-0.05, 0) is 43.4 Å². The van der Waals surface area contributed by atoms with Crippen molar-refractivity contribution < 1.29 is 28.4 Å². The fourth-order valence-corrected chi connectivity index (χ4v) is 4.37. The molecule has 0 fully saturated rings. The van der Waals surface area contributed by atoms with Crippen LogP contribution in [-0.4, -0.2) is 39.6 Å². The van der Waals surface area contributed by atoms with Crippen LogP contribution in [0.1, 0.15) is 96.3 Å². The number of benzene rings is 2. The second-order valence-corrected chi connectivity index (χ2v) is 9.93. The summed E-state index contributed by atoms with van der Waals surface area (Å²) >= 11 is 0. The third-order valence-corrected chi connectivity index (χ3v) is 6.77. The number of hydrogen-bond acceptors (Lipinski definition) is 6. The van der Waals surface area contributed by atoms with Crippen LogP contribution in [0.4, 0.5) is 0 Å². The third kappa shape index (κ3) is 8.45. The summed E-state index contributed by atoms with van der Waals surface area (Å²) in [4.78, 5) is 0. The summed E-state index contributed by atoms with van der Waals surface area (Å²) in [6, 6.07) is 10.1. The highest BCUT2D eigenvalue weighted by Crippen LogP contribution is 2.44. The second kappa shape index (κ2) is 16.4. The van der Waals surface area contributed by atoms with Gasteiger partial charge in [-0.3, -0.25) is 0 Å². The van der Waals surface area contributed by atoms with E-state index in [1.54, 1.807) is 7.11 Å². The second-order valence-electron chi connectivity index (χ2n) is 9.93. The van der Waals surface area contributed by atoms with E-state index in [0.29, 0.717) is 32.8 Å². The van der Waals surface area contributed by atoms with Gasteiger partial charge in [0.05, 0.1) is 26.4 Å².